The van der Waals surface area contributed by atoms with Crippen LogP contribution in [0.4, 0.5) is 0 Å². The summed E-state index contributed by atoms with van der Waals surface area (Å²) in [6.07, 6.45) is 0. The second kappa shape index (κ2) is 3.99. The zero-order chi connectivity index (χ0) is 13.0. The van der Waals surface area contributed by atoms with Gasteiger partial charge in [0.15, 0.2) is 0 Å². The predicted molar refractivity (Wildman–Crippen MR) is 83.9 cm³/mol. The molecule has 4 rings (SSSR count). The molecule has 0 aliphatic rings. The summed E-state index contributed by atoms with van der Waals surface area (Å²) in [6, 6.07) is 16.1. The molecular formula is C16H8BrClO. The van der Waals surface area contributed by atoms with Crippen LogP contribution in [0.2, 0.25) is 5.02 Å². The van der Waals surface area contributed by atoms with E-state index in [1.54, 1.807) is 0 Å². The van der Waals surface area contributed by atoms with E-state index in [-0.39, 0.29) is 0 Å². The Bertz CT molecular complexity index is 940. The molecule has 4 aromatic rings. The molecule has 1 aromatic heterocycles. The van der Waals surface area contributed by atoms with Crippen LogP contribution >= 0.6 is 27.5 Å². The number of fused-ring (bicyclic) bond motifs is 4. The fourth-order valence-electron chi connectivity index (χ4n) is 2.50. The maximum absolute atomic E-state index is 6.08. The van der Waals surface area contributed by atoms with Gasteiger partial charge in [0.25, 0.3) is 0 Å². The van der Waals surface area contributed by atoms with Gasteiger partial charge in [-0.15, -0.1) is 0 Å². The first-order valence-corrected chi connectivity index (χ1v) is 7.10. The lowest BCUT2D eigenvalue weighted by Crippen LogP contribution is -1.75. The van der Waals surface area contributed by atoms with E-state index >= 15 is 0 Å². The van der Waals surface area contributed by atoms with Crippen LogP contribution in [0.5, 0.6) is 0 Å². The molecule has 3 aromatic carbocycles. The van der Waals surface area contributed by atoms with Crippen LogP contribution in [0.25, 0.3) is 32.7 Å². The molecule has 1 heterocycles. The summed E-state index contributed by atoms with van der Waals surface area (Å²) in [5.74, 6) is 0. The number of benzene rings is 3. The van der Waals surface area contributed by atoms with Crippen molar-refractivity contribution in [1.82, 2.24) is 0 Å². The smallest absolute Gasteiger partial charge is 0.150 e. The van der Waals surface area contributed by atoms with Crippen LogP contribution in [-0.2, 0) is 0 Å². The summed E-state index contributed by atoms with van der Waals surface area (Å²) in [4.78, 5) is 0. The minimum absolute atomic E-state index is 0.722. The van der Waals surface area contributed by atoms with E-state index in [0.717, 1.165) is 36.8 Å². The third-order valence-corrected chi connectivity index (χ3v) is 4.41. The molecule has 0 atom stereocenters. The van der Waals surface area contributed by atoms with Gasteiger partial charge in [0.2, 0.25) is 0 Å². The fourth-order valence-corrected chi connectivity index (χ4v) is 3.32. The zero-order valence-electron chi connectivity index (χ0n) is 9.78. The summed E-state index contributed by atoms with van der Waals surface area (Å²) >= 11 is 9.73. The lowest BCUT2D eigenvalue weighted by molar-refractivity contribution is 0.667. The Morgan fingerprint density at radius 3 is 2.63 bits per heavy atom. The van der Waals surface area contributed by atoms with Crippen molar-refractivity contribution in [2.45, 2.75) is 0 Å². The third-order valence-electron chi connectivity index (χ3n) is 3.38. The van der Waals surface area contributed by atoms with Crippen molar-refractivity contribution in [3.8, 4) is 0 Å². The Labute approximate surface area is 122 Å². The normalized spacial score (nSPS) is 11.7. The van der Waals surface area contributed by atoms with Gasteiger partial charge in [-0.05, 0) is 51.0 Å². The van der Waals surface area contributed by atoms with Crippen LogP contribution < -0.4 is 0 Å². The lowest BCUT2D eigenvalue weighted by Gasteiger charge is -2.01. The number of halogens is 2. The van der Waals surface area contributed by atoms with E-state index in [1.807, 2.05) is 30.3 Å². The van der Waals surface area contributed by atoms with Gasteiger partial charge < -0.3 is 4.42 Å². The van der Waals surface area contributed by atoms with Gasteiger partial charge in [0.1, 0.15) is 11.2 Å². The minimum Gasteiger partial charge on any atom is -0.455 e. The van der Waals surface area contributed by atoms with E-state index in [4.69, 9.17) is 16.0 Å². The van der Waals surface area contributed by atoms with Crippen molar-refractivity contribution in [2.24, 2.45) is 0 Å². The van der Waals surface area contributed by atoms with E-state index in [2.05, 4.69) is 34.1 Å². The van der Waals surface area contributed by atoms with Crippen molar-refractivity contribution in [2.75, 3.05) is 0 Å². The van der Waals surface area contributed by atoms with Crippen LogP contribution in [0.1, 0.15) is 0 Å². The topological polar surface area (TPSA) is 13.1 Å². The van der Waals surface area contributed by atoms with E-state index in [0.29, 0.717) is 0 Å². The highest BCUT2D eigenvalue weighted by molar-refractivity contribution is 9.10. The van der Waals surface area contributed by atoms with Gasteiger partial charge >= 0.3 is 0 Å². The number of furan rings is 1. The first-order chi connectivity index (χ1) is 9.24. The van der Waals surface area contributed by atoms with Gasteiger partial charge in [0.05, 0.1) is 4.47 Å². The molecule has 0 N–H and O–H groups in total. The second-order valence-corrected chi connectivity index (χ2v) is 5.76. The van der Waals surface area contributed by atoms with Crippen LogP contribution in [-0.4, -0.2) is 0 Å². The maximum atomic E-state index is 6.08. The first-order valence-electron chi connectivity index (χ1n) is 5.93. The lowest BCUT2D eigenvalue weighted by atomic mass is 10.1. The van der Waals surface area contributed by atoms with E-state index in [9.17, 15) is 0 Å². The second-order valence-electron chi connectivity index (χ2n) is 4.53. The molecule has 92 valence electrons. The molecule has 0 spiro atoms. The molecule has 0 radical (unpaired) electrons. The van der Waals surface area contributed by atoms with Gasteiger partial charge in [-0.2, -0.15) is 0 Å². The highest BCUT2D eigenvalue weighted by Gasteiger charge is 2.13. The zero-order valence-corrected chi connectivity index (χ0v) is 12.1. The summed E-state index contributed by atoms with van der Waals surface area (Å²) in [5, 5.41) is 5.20. The molecule has 0 amide bonds. The van der Waals surface area contributed by atoms with Crippen LogP contribution in [0.15, 0.2) is 57.4 Å². The Morgan fingerprint density at radius 1 is 0.895 bits per heavy atom. The highest BCUT2D eigenvalue weighted by atomic mass is 79.9. The van der Waals surface area contributed by atoms with E-state index < -0.39 is 0 Å². The molecule has 19 heavy (non-hydrogen) atoms. The fraction of sp³-hybridized carbons (Fsp3) is 0. The van der Waals surface area contributed by atoms with Crippen molar-refractivity contribution >= 4 is 60.2 Å². The molecule has 0 saturated heterocycles. The average Bonchev–Trinajstić information content (AvgIpc) is 2.78. The van der Waals surface area contributed by atoms with Gasteiger partial charge in [-0.3, -0.25) is 0 Å². The van der Waals surface area contributed by atoms with Gasteiger partial charge in [0, 0.05) is 15.8 Å². The Morgan fingerprint density at radius 2 is 1.74 bits per heavy atom. The molecule has 1 nitrogen and oxygen atoms in total. The summed E-state index contributed by atoms with van der Waals surface area (Å²) in [6.45, 7) is 0. The average molecular weight is 332 g/mol. The molecule has 0 fully saturated rings. The van der Waals surface area contributed by atoms with Crippen molar-refractivity contribution in [1.29, 1.82) is 0 Å². The molecule has 0 saturated carbocycles. The van der Waals surface area contributed by atoms with Crippen molar-refractivity contribution < 1.29 is 4.42 Å². The quantitative estimate of drug-likeness (QED) is 0.376. The van der Waals surface area contributed by atoms with E-state index in [1.165, 1.54) is 5.39 Å². The van der Waals surface area contributed by atoms with Crippen molar-refractivity contribution in [3.63, 3.8) is 0 Å². The summed E-state index contributed by atoms with van der Waals surface area (Å²) in [7, 11) is 0. The summed E-state index contributed by atoms with van der Waals surface area (Å²) < 4.78 is 6.93. The van der Waals surface area contributed by atoms with Gasteiger partial charge in [-0.25, -0.2) is 0 Å². The molecule has 0 unspecified atom stereocenters. The molecule has 0 aliphatic heterocycles. The Hall–Kier alpha value is -1.51. The Balaban J connectivity index is 2.30. The minimum atomic E-state index is 0.722. The Kier molecular flexibility index (Phi) is 2.38. The van der Waals surface area contributed by atoms with Crippen molar-refractivity contribution in [3.05, 3.63) is 58.0 Å². The molecule has 0 aliphatic carbocycles. The molecule has 3 heteroatoms. The molecular weight excluding hydrogens is 324 g/mol. The predicted octanol–water partition coefficient (Wildman–Crippen LogP) is 6.16. The molecule has 0 bridgehead atoms. The van der Waals surface area contributed by atoms with Gasteiger partial charge in [-0.1, -0.05) is 35.9 Å². The first kappa shape index (κ1) is 11.3. The third kappa shape index (κ3) is 1.60. The van der Waals surface area contributed by atoms with Crippen LogP contribution in [0.3, 0.4) is 0 Å². The SMILES string of the molecule is Clc1ccc2oc3c(Br)c4ccccc4cc3c2c1. The monoisotopic (exact) mass is 330 g/mol. The van der Waals surface area contributed by atoms with Crippen LogP contribution in [0, 0.1) is 0 Å². The standard InChI is InChI=1S/C16H8BrClO/c17-15-11-4-2-1-3-9(11)7-13-12-8-10(18)5-6-14(12)19-16(13)15/h1-8H. The highest BCUT2D eigenvalue weighted by Crippen LogP contribution is 2.39. The number of hydrogen-bond acceptors (Lipinski definition) is 1. The number of hydrogen-bond donors (Lipinski definition) is 0. The number of rotatable bonds is 0. The summed E-state index contributed by atoms with van der Waals surface area (Å²) in [5.41, 5.74) is 1.73. The largest absolute Gasteiger partial charge is 0.455 e. The maximum Gasteiger partial charge on any atom is 0.150 e.